The van der Waals surface area contributed by atoms with Gasteiger partial charge in [-0.2, -0.15) is 0 Å². The van der Waals surface area contributed by atoms with Gasteiger partial charge in [-0.1, -0.05) is 38.1 Å². The maximum Gasteiger partial charge on any atom is 0.287 e. The number of nitrogens with zero attached hydrogens (tertiary/aromatic N) is 2. The minimum atomic E-state index is -0.232. The molecular weight excluding hydrogens is 340 g/mol. The zero-order valence-corrected chi connectivity index (χ0v) is 16.3. The fourth-order valence-electron chi connectivity index (χ4n) is 3.34. The van der Waals surface area contributed by atoms with Gasteiger partial charge in [-0.3, -0.25) is 9.59 Å². The molecule has 0 bridgehead atoms. The normalized spacial score (nSPS) is 13.3. The molecule has 2 heterocycles. The van der Waals surface area contributed by atoms with E-state index < -0.39 is 0 Å². The van der Waals surface area contributed by atoms with Crippen LogP contribution in [0.2, 0.25) is 0 Å². The fraction of sp³-hybridized carbons (Fsp3) is 0.476. The predicted molar refractivity (Wildman–Crippen MR) is 105 cm³/mol. The lowest BCUT2D eigenvalue weighted by Gasteiger charge is -2.17. The number of fused-ring (bicyclic) bond motifs is 1. The standard InChI is InChI=1S/C21H28N4O2/c1-14(2)12-22-20(26)18-17-10-6-7-11-25(17)19(24-18)21(27)23-13-16-9-5-4-8-15(16)3/h4-5,8-9,14H,6-7,10-13H2,1-3H3,(H,22,26)(H,23,27). The monoisotopic (exact) mass is 368 g/mol. The van der Waals surface area contributed by atoms with Crippen molar-refractivity contribution in [3.05, 3.63) is 52.6 Å². The summed E-state index contributed by atoms with van der Waals surface area (Å²) in [4.78, 5) is 29.8. The van der Waals surface area contributed by atoms with Crippen LogP contribution in [0.3, 0.4) is 0 Å². The van der Waals surface area contributed by atoms with Gasteiger partial charge in [0.25, 0.3) is 11.8 Å². The summed E-state index contributed by atoms with van der Waals surface area (Å²) in [7, 11) is 0. The van der Waals surface area contributed by atoms with E-state index in [1.165, 1.54) is 0 Å². The van der Waals surface area contributed by atoms with Gasteiger partial charge in [-0.25, -0.2) is 4.98 Å². The topological polar surface area (TPSA) is 76.0 Å². The molecule has 0 radical (unpaired) electrons. The average molecular weight is 368 g/mol. The number of aryl methyl sites for hydroxylation is 1. The predicted octanol–water partition coefficient (Wildman–Crippen LogP) is 2.84. The number of aromatic nitrogens is 2. The first kappa shape index (κ1) is 19.1. The molecule has 1 aromatic heterocycles. The van der Waals surface area contributed by atoms with Gasteiger partial charge in [0.15, 0.2) is 5.82 Å². The second-order valence-electron chi connectivity index (χ2n) is 7.55. The molecule has 2 amide bonds. The zero-order chi connectivity index (χ0) is 19.4. The third-order valence-corrected chi connectivity index (χ3v) is 4.91. The minimum absolute atomic E-state index is 0.188. The van der Waals surface area contributed by atoms with Crippen LogP contribution in [0.5, 0.6) is 0 Å². The van der Waals surface area contributed by atoms with Gasteiger partial charge < -0.3 is 15.2 Å². The van der Waals surface area contributed by atoms with Crippen molar-refractivity contribution in [2.24, 2.45) is 5.92 Å². The highest BCUT2D eigenvalue weighted by molar-refractivity contribution is 5.97. The van der Waals surface area contributed by atoms with Crippen LogP contribution in [0.1, 0.15) is 64.6 Å². The lowest BCUT2D eigenvalue weighted by molar-refractivity contribution is 0.0935. The Hall–Kier alpha value is -2.63. The van der Waals surface area contributed by atoms with Crippen molar-refractivity contribution < 1.29 is 9.59 Å². The molecule has 1 aromatic carbocycles. The minimum Gasteiger partial charge on any atom is -0.350 e. The molecule has 144 valence electrons. The van der Waals surface area contributed by atoms with E-state index >= 15 is 0 Å². The molecule has 0 saturated heterocycles. The average Bonchev–Trinajstić information content (AvgIpc) is 3.05. The van der Waals surface area contributed by atoms with Gasteiger partial charge in [0.05, 0.1) is 5.69 Å². The van der Waals surface area contributed by atoms with Crippen LogP contribution in [-0.2, 0) is 19.5 Å². The molecule has 0 saturated carbocycles. The number of amides is 2. The maximum atomic E-state index is 12.8. The molecule has 0 atom stereocenters. The molecule has 2 aromatic rings. The van der Waals surface area contributed by atoms with Crippen molar-refractivity contribution >= 4 is 11.8 Å². The number of nitrogens with one attached hydrogen (secondary N) is 2. The van der Waals surface area contributed by atoms with Crippen LogP contribution >= 0.6 is 0 Å². The highest BCUT2D eigenvalue weighted by Gasteiger charge is 2.27. The molecule has 0 fully saturated rings. The van der Waals surface area contributed by atoms with Crippen molar-refractivity contribution in [2.45, 2.75) is 53.1 Å². The summed E-state index contributed by atoms with van der Waals surface area (Å²) in [6, 6.07) is 7.97. The summed E-state index contributed by atoms with van der Waals surface area (Å²) < 4.78 is 1.92. The lowest BCUT2D eigenvalue weighted by atomic mass is 10.1. The number of rotatable bonds is 6. The number of benzene rings is 1. The third kappa shape index (κ3) is 4.38. The van der Waals surface area contributed by atoms with Crippen LogP contribution in [0.25, 0.3) is 0 Å². The highest BCUT2D eigenvalue weighted by atomic mass is 16.2. The molecule has 1 aliphatic heterocycles. The Morgan fingerprint density at radius 1 is 1.15 bits per heavy atom. The van der Waals surface area contributed by atoms with E-state index in [4.69, 9.17) is 0 Å². The van der Waals surface area contributed by atoms with Crippen molar-refractivity contribution in [3.8, 4) is 0 Å². The second kappa shape index (κ2) is 8.37. The van der Waals surface area contributed by atoms with Gasteiger partial charge in [0.1, 0.15) is 5.69 Å². The summed E-state index contributed by atoms with van der Waals surface area (Å²) in [5, 5.41) is 5.87. The summed E-state index contributed by atoms with van der Waals surface area (Å²) in [5.74, 6) is 0.286. The second-order valence-corrected chi connectivity index (χ2v) is 7.55. The Labute approximate surface area is 160 Å². The highest BCUT2D eigenvalue weighted by Crippen LogP contribution is 2.21. The van der Waals surface area contributed by atoms with E-state index in [1.54, 1.807) is 0 Å². The largest absolute Gasteiger partial charge is 0.350 e. The Balaban J connectivity index is 1.79. The number of carbonyl (C=O) groups is 2. The van der Waals surface area contributed by atoms with E-state index in [0.29, 0.717) is 30.5 Å². The number of hydrogen-bond acceptors (Lipinski definition) is 3. The molecular formula is C21H28N4O2. The van der Waals surface area contributed by atoms with E-state index in [1.807, 2.05) is 49.6 Å². The lowest BCUT2D eigenvalue weighted by Crippen LogP contribution is -2.29. The first-order valence-electron chi connectivity index (χ1n) is 9.67. The van der Waals surface area contributed by atoms with Gasteiger partial charge >= 0.3 is 0 Å². The fourth-order valence-corrected chi connectivity index (χ4v) is 3.34. The number of imidazole rings is 1. The van der Waals surface area contributed by atoms with Crippen LogP contribution in [0.4, 0.5) is 0 Å². The van der Waals surface area contributed by atoms with Crippen molar-refractivity contribution in [2.75, 3.05) is 6.54 Å². The Morgan fingerprint density at radius 2 is 1.93 bits per heavy atom. The molecule has 0 aliphatic carbocycles. The summed E-state index contributed by atoms with van der Waals surface area (Å²) in [5.41, 5.74) is 3.49. The van der Waals surface area contributed by atoms with Crippen molar-refractivity contribution in [1.29, 1.82) is 0 Å². The molecule has 0 unspecified atom stereocenters. The third-order valence-electron chi connectivity index (χ3n) is 4.91. The summed E-state index contributed by atoms with van der Waals surface area (Å²) in [6.45, 7) is 7.90. The molecule has 0 spiro atoms. The van der Waals surface area contributed by atoms with E-state index in [2.05, 4.69) is 15.6 Å². The van der Waals surface area contributed by atoms with Gasteiger partial charge in [0.2, 0.25) is 0 Å². The zero-order valence-electron chi connectivity index (χ0n) is 16.3. The Kier molecular flexibility index (Phi) is 5.94. The maximum absolute atomic E-state index is 12.8. The van der Waals surface area contributed by atoms with E-state index in [0.717, 1.165) is 42.6 Å². The molecule has 3 rings (SSSR count). The molecule has 6 nitrogen and oxygen atoms in total. The molecule has 27 heavy (non-hydrogen) atoms. The Morgan fingerprint density at radius 3 is 2.67 bits per heavy atom. The van der Waals surface area contributed by atoms with Crippen LogP contribution in [-0.4, -0.2) is 27.9 Å². The molecule has 6 heteroatoms. The van der Waals surface area contributed by atoms with Crippen LogP contribution < -0.4 is 10.6 Å². The van der Waals surface area contributed by atoms with Crippen molar-refractivity contribution in [3.63, 3.8) is 0 Å². The van der Waals surface area contributed by atoms with E-state index in [9.17, 15) is 9.59 Å². The smallest absolute Gasteiger partial charge is 0.287 e. The van der Waals surface area contributed by atoms with Gasteiger partial charge in [-0.15, -0.1) is 0 Å². The van der Waals surface area contributed by atoms with Crippen LogP contribution in [0.15, 0.2) is 24.3 Å². The SMILES string of the molecule is Cc1ccccc1CNC(=O)c1nc(C(=O)NCC(C)C)c2n1CCCC2. The van der Waals surface area contributed by atoms with Crippen molar-refractivity contribution in [1.82, 2.24) is 20.2 Å². The van der Waals surface area contributed by atoms with Crippen LogP contribution in [0, 0.1) is 12.8 Å². The summed E-state index contributed by atoms with van der Waals surface area (Å²) in [6.07, 6.45) is 2.79. The summed E-state index contributed by atoms with van der Waals surface area (Å²) >= 11 is 0. The first-order chi connectivity index (χ1) is 13.0. The molecule has 1 aliphatic rings. The first-order valence-corrected chi connectivity index (χ1v) is 9.67. The Bertz CT molecular complexity index is 839. The quantitative estimate of drug-likeness (QED) is 0.823. The van der Waals surface area contributed by atoms with E-state index in [-0.39, 0.29) is 11.8 Å². The van der Waals surface area contributed by atoms with Gasteiger partial charge in [-0.05, 0) is 43.2 Å². The number of carbonyl (C=O) groups excluding carboxylic acids is 2. The molecule has 2 N–H and O–H groups in total. The van der Waals surface area contributed by atoms with Gasteiger partial charge in [0, 0.05) is 19.6 Å². The number of hydrogen-bond donors (Lipinski definition) is 2.